The standard InChI is InChI=1S/C18H19N3O3S/c1-12(2)14-11-25-18(20-14)21-17(22)7-5-13-4-6-15(24-9-8-19)16(10-13)23-3/h4-7,10-12H,9H2,1-3H3,(H,20,21,22)/b7-5+. The van der Waals surface area contributed by atoms with E-state index in [0.717, 1.165) is 11.3 Å². The average Bonchev–Trinajstić information content (AvgIpc) is 3.07. The Morgan fingerprint density at radius 2 is 2.24 bits per heavy atom. The van der Waals surface area contributed by atoms with Gasteiger partial charge in [-0.15, -0.1) is 11.3 Å². The van der Waals surface area contributed by atoms with Crippen LogP contribution in [0.5, 0.6) is 11.5 Å². The van der Waals surface area contributed by atoms with Crippen LogP contribution in [0.2, 0.25) is 0 Å². The van der Waals surface area contributed by atoms with Crippen molar-refractivity contribution >= 4 is 28.5 Å². The Labute approximate surface area is 150 Å². The van der Waals surface area contributed by atoms with Crippen LogP contribution in [0.4, 0.5) is 5.13 Å². The lowest BCUT2D eigenvalue weighted by atomic mass is 10.2. The number of amides is 1. The summed E-state index contributed by atoms with van der Waals surface area (Å²) in [4.78, 5) is 16.4. The lowest BCUT2D eigenvalue weighted by Crippen LogP contribution is -2.07. The number of hydrogen-bond donors (Lipinski definition) is 1. The molecule has 1 amide bonds. The number of aromatic nitrogens is 1. The minimum absolute atomic E-state index is 0.0554. The quantitative estimate of drug-likeness (QED) is 0.761. The van der Waals surface area contributed by atoms with Crippen LogP contribution in [-0.4, -0.2) is 24.6 Å². The fraction of sp³-hybridized carbons (Fsp3) is 0.278. The van der Waals surface area contributed by atoms with Crippen molar-refractivity contribution in [3.63, 3.8) is 0 Å². The number of carbonyl (C=O) groups excluding carboxylic acids is 1. The number of thiazole rings is 1. The largest absolute Gasteiger partial charge is 0.493 e. The van der Waals surface area contributed by atoms with Crippen molar-refractivity contribution < 1.29 is 14.3 Å². The molecule has 2 aromatic rings. The molecule has 1 aromatic heterocycles. The summed E-state index contributed by atoms with van der Waals surface area (Å²) in [5, 5.41) is 13.8. The predicted molar refractivity (Wildman–Crippen MR) is 98.0 cm³/mol. The zero-order valence-electron chi connectivity index (χ0n) is 14.3. The molecule has 0 radical (unpaired) electrons. The van der Waals surface area contributed by atoms with Gasteiger partial charge in [0.25, 0.3) is 0 Å². The molecule has 0 fully saturated rings. The zero-order valence-corrected chi connectivity index (χ0v) is 15.1. The fourth-order valence-electron chi connectivity index (χ4n) is 1.94. The molecular weight excluding hydrogens is 338 g/mol. The summed E-state index contributed by atoms with van der Waals surface area (Å²) in [6.07, 6.45) is 3.10. The van der Waals surface area contributed by atoms with Gasteiger partial charge in [0.2, 0.25) is 5.91 Å². The first-order chi connectivity index (χ1) is 12.0. The minimum Gasteiger partial charge on any atom is -0.493 e. The number of methoxy groups -OCH3 is 1. The number of carbonyl (C=O) groups is 1. The van der Waals surface area contributed by atoms with Crippen LogP contribution in [0, 0.1) is 11.3 Å². The summed E-state index contributed by atoms with van der Waals surface area (Å²) in [6.45, 7) is 4.05. The van der Waals surface area contributed by atoms with Gasteiger partial charge >= 0.3 is 0 Å². The third kappa shape index (κ3) is 5.33. The third-order valence-electron chi connectivity index (χ3n) is 3.25. The van der Waals surface area contributed by atoms with E-state index in [-0.39, 0.29) is 12.5 Å². The zero-order chi connectivity index (χ0) is 18.2. The van der Waals surface area contributed by atoms with Crippen LogP contribution in [0.3, 0.4) is 0 Å². The van der Waals surface area contributed by atoms with Gasteiger partial charge in [0.1, 0.15) is 6.07 Å². The minimum atomic E-state index is -0.256. The number of nitrogens with one attached hydrogen (secondary N) is 1. The molecule has 0 saturated carbocycles. The van der Waals surface area contributed by atoms with Crippen LogP contribution in [0.25, 0.3) is 6.08 Å². The first kappa shape index (κ1) is 18.5. The second kappa shape index (κ2) is 8.85. The number of rotatable bonds is 7. The Morgan fingerprint density at radius 1 is 1.44 bits per heavy atom. The molecule has 7 heteroatoms. The molecule has 1 aromatic carbocycles. The Hall–Kier alpha value is -2.85. The molecule has 0 unspecified atom stereocenters. The van der Waals surface area contributed by atoms with Crippen LogP contribution in [0.15, 0.2) is 29.7 Å². The normalized spacial score (nSPS) is 10.7. The van der Waals surface area contributed by atoms with Crippen LogP contribution in [0.1, 0.15) is 31.0 Å². The van der Waals surface area contributed by atoms with Gasteiger partial charge in [0.05, 0.1) is 12.8 Å². The van der Waals surface area contributed by atoms with E-state index in [0.29, 0.717) is 22.5 Å². The lowest BCUT2D eigenvalue weighted by Gasteiger charge is -2.08. The van der Waals surface area contributed by atoms with E-state index >= 15 is 0 Å². The van der Waals surface area contributed by atoms with E-state index in [2.05, 4.69) is 24.1 Å². The van der Waals surface area contributed by atoms with Gasteiger partial charge in [-0.3, -0.25) is 10.1 Å². The molecule has 1 N–H and O–H groups in total. The van der Waals surface area contributed by atoms with Gasteiger partial charge in [-0.05, 0) is 29.7 Å². The van der Waals surface area contributed by atoms with Crippen LogP contribution >= 0.6 is 11.3 Å². The molecule has 130 valence electrons. The lowest BCUT2D eigenvalue weighted by molar-refractivity contribution is -0.111. The van der Waals surface area contributed by atoms with Gasteiger partial charge in [-0.2, -0.15) is 5.26 Å². The maximum absolute atomic E-state index is 12.0. The molecule has 25 heavy (non-hydrogen) atoms. The Kier molecular flexibility index (Phi) is 6.54. The highest BCUT2D eigenvalue weighted by Crippen LogP contribution is 2.28. The summed E-state index contributed by atoms with van der Waals surface area (Å²) in [6, 6.07) is 7.11. The monoisotopic (exact) mass is 357 g/mol. The number of benzene rings is 1. The van der Waals surface area contributed by atoms with Crippen molar-refractivity contribution in [1.82, 2.24) is 4.98 Å². The van der Waals surface area contributed by atoms with E-state index in [1.54, 1.807) is 24.3 Å². The smallest absolute Gasteiger partial charge is 0.250 e. The summed E-state index contributed by atoms with van der Waals surface area (Å²) in [7, 11) is 1.52. The van der Waals surface area contributed by atoms with E-state index in [9.17, 15) is 4.79 Å². The molecule has 0 atom stereocenters. The van der Waals surface area contributed by atoms with Crippen molar-refractivity contribution in [1.29, 1.82) is 5.26 Å². The fourth-order valence-corrected chi connectivity index (χ4v) is 2.82. The number of ether oxygens (including phenoxy) is 2. The number of anilines is 1. The van der Waals surface area contributed by atoms with Gasteiger partial charge in [0, 0.05) is 11.5 Å². The highest BCUT2D eigenvalue weighted by Gasteiger charge is 2.08. The Balaban J connectivity index is 2.02. The van der Waals surface area contributed by atoms with Crippen molar-refractivity contribution in [3.05, 3.63) is 40.9 Å². The second-order valence-electron chi connectivity index (χ2n) is 5.41. The van der Waals surface area contributed by atoms with Crippen molar-refractivity contribution in [3.8, 4) is 17.6 Å². The first-order valence-corrected chi connectivity index (χ1v) is 8.53. The third-order valence-corrected chi connectivity index (χ3v) is 4.03. The SMILES string of the molecule is COc1cc(/C=C/C(=O)Nc2nc(C(C)C)cs2)ccc1OCC#N. The highest BCUT2D eigenvalue weighted by atomic mass is 32.1. The molecule has 0 saturated heterocycles. The summed E-state index contributed by atoms with van der Waals surface area (Å²) in [5.41, 5.74) is 1.74. The molecule has 0 bridgehead atoms. The summed E-state index contributed by atoms with van der Waals surface area (Å²) in [5.74, 6) is 1.05. The summed E-state index contributed by atoms with van der Waals surface area (Å²) >= 11 is 1.40. The van der Waals surface area contributed by atoms with E-state index in [1.165, 1.54) is 24.5 Å². The topological polar surface area (TPSA) is 84.2 Å². The number of nitriles is 1. The molecule has 6 nitrogen and oxygen atoms in total. The Bertz CT molecular complexity index is 806. The molecule has 0 aliphatic heterocycles. The van der Waals surface area contributed by atoms with Gasteiger partial charge < -0.3 is 9.47 Å². The van der Waals surface area contributed by atoms with Gasteiger partial charge in [0.15, 0.2) is 23.2 Å². The molecular formula is C18H19N3O3S. The van der Waals surface area contributed by atoms with Gasteiger partial charge in [-0.1, -0.05) is 19.9 Å². The van der Waals surface area contributed by atoms with Crippen LogP contribution < -0.4 is 14.8 Å². The molecule has 0 aliphatic rings. The van der Waals surface area contributed by atoms with E-state index in [1.807, 2.05) is 11.4 Å². The van der Waals surface area contributed by atoms with E-state index < -0.39 is 0 Å². The molecule has 2 rings (SSSR count). The summed E-state index contributed by atoms with van der Waals surface area (Å²) < 4.78 is 10.5. The molecule has 1 heterocycles. The van der Waals surface area contributed by atoms with Crippen molar-refractivity contribution in [2.24, 2.45) is 0 Å². The predicted octanol–water partition coefficient (Wildman–Crippen LogP) is 3.83. The number of hydrogen-bond acceptors (Lipinski definition) is 6. The van der Waals surface area contributed by atoms with Crippen molar-refractivity contribution in [2.45, 2.75) is 19.8 Å². The maximum atomic E-state index is 12.0. The highest BCUT2D eigenvalue weighted by molar-refractivity contribution is 7.14. The Morgan fingerprint density at radius 3 is 2.88 bits per heavy atom. The molecule has 0 aliphatic carbocycles. The average molecular weight is 357 g/mol. The number of nitrogens with zero attached hydrogens (tertiary/aromatic N) is 2. The molecule has 0 spiro atoms. The van der Waals surface area contributed by atoms with Gasteiger partial charge in [-0.25, -0.2) is 4.98 Å². The van der Waals surface area contributed by atoms with E-state index in [4.69, 9.17) is 14.7 Å². The maximum Gasteiger partial charge on any atom is 0.250 e. The van der Waals surface area contributed by atoms with Crippen molar-refractivity contribution in [2.75, 3.05) is 19.0 Å². The second-order valence-corrected chi connectivity index (χ2v) is 6.27. The van der Waals surface area contributed by atoms with Crippen LogP contribution in [-0.2, 0) is 4.79 Å². The first-order valence-electron chi connectivity index (χ1n) is 7.65.